The van der Waals surface area contributed by atoms with Crippen molar-refractivity contribution in [2.24, 2.45) is 11.7 Å². The highest BCUT2D eigenvalue weighted by molar-refractivity contribution is 5.96. The van der Waals surface area contributed by atoms with Crippen LogP contribution in [0, 0.1) is 16.0 Å². The van der Waals surface area contributed by atoms with Crippen molar-refractivity contribution < 1.29 is 9.72 Å². The Balaban J connectivity index is 0.00000208. The number of nitrogens with one attached hydrogen (secondary N) is 2. The van der Waals surface area contributed by atoms with E-state index >= 15 is 0 Å². The highest BCUT2D eigenvalue weighted by Crippen LogP contribution is 2.39. The van der Waals surface area contributed by atoms with Gasteiger partial charge in [-0.2, -0.15) is 0 Å². The molecule has 0 saturated heterocycles. The summed E-state index contributed by atoms with van der Waals surface area (Å²) in [5, 5.41) is 17.4. The van der Waals surface area contributed by atoms with Gasteiger partial charge in [0.15, 0.2) is 0 Å². The van der Waals surface area contributed by atoms with E-state index in [0.29, 0.717) is 29.8 Å². The van der Waals surface area contributed by atoms with Gasteiger partial charge in [-0.15, -0.1) is 12.4 Å². The average Bonchev–Trinajstić information content (AvgIpc) is 3.39. The fourth-order valence-electron chi connectivity index (χ4n) is 2.77. The Morgan fingerprint density at radius 1 is 1.38 bits per heavy atom. The molecule has 0 aliphatic heterocycles. The predicted molar refractivity (Wildman–Crippen MR) is 94.6 cm³/mol. The van der Waals surface area contributed by atoms with Crippen LogP contribution in [0.15, 0.2) is 18.2 Å². The van der Waals surface area contributed by atoms with Crippen LogP contribution in [0.1, 0.15) is 43.0 Å². The van der Waals surface area contributed by atoms with Crippen molar-refractivity contribution in [3.8, 4) is 0 Å². The molecule has 132 valence electrons. The molecule has 7 nitrogen and oxygen atoms in total. The minimum Gasteiger partial charge on any atom is -0.377 e. The smallest absolute Gasteiger partial charge is 0.293 e. The molecule has 0 radical (unpaired) electrons. The number of carbonyl (C=O) groups excluding carboxylic acids is 1. The van der Waals surface area contributed by atoms with Gasteiger partial charge in [0, 0.05) is 24.2 Å². The predicted octanol–water partition coefficient (Wildman–Crippen LogP) is 2.45. The van der Waals surface area contributed by atoms with Gasteiger partial charge < -0.3 is 16.4 Å². The summed E-state index contributed by atoms with van der Waals surface area (Å²) in [6.07, 6.45) is 4.15. The Hall–Kier alpha value is -1.86. The van der Waals surface area contributed by atoms with Crippen molar-refractivity contribution in [1.82, 2.24) is 5.32 Å². The molecule has 0 spiro atoms. The van der Waals surface area contributed by atoms with Crippen molar-refractivity contribution >= 4 is 29.7 Å². The van der Waals surface area contributed by atoms with Gasteiger partial charge in [-0.1, -0.05) is 0 Å². The topological polar surface area (TPSA) is 110 Å². The molecular weight excluding hydrogens is 332 g/mol. The molecule has 1 aromatic carbocycles. The molecule has 8 heteroatoms. The SMILES string of the molecule is CC(CN)(NC(=O)c1ccc(NC2CC2)c([N+](=O)[O-])c1)C1CC1.Cl. The van der Waals surface area contributed by atoms with Crippen LogP contribution in [0.2, 0.25) is 0 Å². The molecule has 1 aromatic rings. The lowest BCUT2D eigenvalue weighted by Gasteiger charge is -2.29. The fraction of sp³-hybridized carbons (Fsp3) is 0.562. The van der Waals surface area contributed by atoms with Gasteiger partial charge in [0.05, 0.1) is 10.5 Å². The Morgan fingerprint density at radius 2 is 2.04 bits per heavy atom. The normalized spacial score (nSPS) is 18.9. The van der Waals surface area contributed by atoms with Crippen molar-refractivity contribution in [2.75, 3.05) is 11.9 Å². The Morgan fingerprint density at radius 3 is 2.54 bits per heavy atom. The average molecular weight is 355 g/mol. The van der Waals surface area contributed by atoms with Gasteiger partial charge in [0.25, 0.3) is 11.6 Å². The van der Waals surface area contributed by atoms with E-state index in [9.17, 15) is 14.9 Å². The molecule has 1 atom stereocenters. The van der Waals surface area contributed by atoms with Crippen molar-refractivity contribution in [1.29, 1.82) is 0 Å². The lowest BCUT2D eigenvalue weighted by atomic mass is 9.95. The van der Waals surface area contributed by atoms with Crippen molar-refractivity contribution in [3.63, 3.8) is 0 Å². The summed E-state index contributed by atoms with van der Waals surface area (Å²) in [5.74, 6) is 0.0770. The monoisotopic (exact) mass is 354 g/mol. The Kier molecular flexibility index (Phi) is 5.35. The number of halogens is 1. The van der Waals surface area contributed by atoms with Crippen LogP contribution in [-0.2, 0) is 0 Å². The molecule has 1 amide bonds. The zero-order valence-corrected chi connectivity index (χ0v) is 14.4. The summed E-state index contributed by atoms with van der Waals surface area (Å²) in [4.78, 5) is 23.3. The van der Waals surface area contributed by atoms with E-state index in [1.54, 1.807) is 12.1 Å². The first-order valence-electron chi connectivity index (χ1n) is 8.00. The zero-order valence-electron chi connectivity index (χ0n) is 13.6. The number of carbonyl (C=O) groups is 1. The summed E-state index contributed by atoms with van der Waals surface area (Å²) < 4.78 is 0. The summed E-state index contributed by atoms with van der Waals surface area (Å²) in [7, 11) is 0. The number of nitro groups is 1. The molecule has 2 fully saturated rings. The van der Waals surface area contributed by atoms with Gasteiger partial charge in [-0.3, -0.25) is 14.9 Å². The van der Waals surface area contributed by atoms with E-state index < -0.39 is 10.5 Å². The number of hydrogen-bond donors (Lipinski definition) is 3. The van der Waals surface area contributed by atoms with E-state index in [1.807, 2.05) is 6.92 Å². The van der Waals surface area contributed by atoms with Crippen LogP contribution < -0.4 is 16.4 Å². The fourth-order valence-corrected chi connectivity index (χ4v) is 2.77. The number of hydrogen-bond acceptors (Lipinski definition) is 5. The summed E-state index contributed by atoms with van der Waals surface area (Å²) >= 11 is 0. The maximum atomic E-state index is 12.5. The van der Waals surface area contributed by atoms with Gasteiger partial charge in [0.2, 0.25) is 0 Å². The van der Waals surface area contributed by atoms with E-state index in [0.717, 1.165) is 25.7 Å². The second kappa shape index (κ2) is 6.94. The van der Waals surface area contributed by atoms with Crippen LogP contribution in [-0.4, -0.2) is 29.0 Å². The molecular formula is C16H23ClN4O3. The van der Waals surface area contributed by atoms with Crippen LogP contribution in [0.25, 0.3) is 0 Å². The molecule has 2 aliphatic rings. The summed E-state index contributed by atoms with van der Waals surface area (Å²) in [6, 6.07) is 4.88. The zero-order chi connectivity index (χ0) is 16.6. The molecule has 0 aromatic heterocycles. The number of anilines is 1. The highest BCUT2D eigenvalue weighted by atomic mass is 35.5. The number of amides is 1. The highest BCUT2D eigenvalue weighted by Gasteiger charge is 2.41. The van der Waals surface area contributed by atoms with Gasteiger partial charge >= 0.3 is 0 Å². The van der Waals surface area contributed by atoms with Crippen LogP contribution in [0.5, 0.6) is 0 Å². The number of rotatable bonds is 7. The maximum Gasteiger partial charge on any atom is 0.293 e. The third-order valence-electron chi connectivity index (χ3n) is 4.70. The maximum absolute atomic E-state index is 12.5. The lowest BCUT2D eigenvalue weighted by molar-refractivity contribution is -0.384. The van der Waals surface area contributed by atoms with Gasteiger partial charge in [-0.05, 0) is 50.7 Å². The third kappa shape index (κ3) is 3.96. The quantitative estimate of drug-likeness (QED) is 0.514. The van der Waals surface area contributed by atoms with Crippen LogP contribution in [0.3, 0.4) is 0 Å². The largest absolute Gasteiger partial charge is 0.377 e. The van der Waals surface area contributed by atoms with E-state index in [-0.39, 0.29) is 24.0 Å². The molecule has 4 N–H and O–H groups in total. The molecule has 24 heavy (non-hydrogen) atoms. The number of nitrogens with zero attached hydrogens (tertiary/aromatic N) is 1. The first-order valence-corrected chi connectivity index (χ1v) is 8.00. The summed E-state index contributed by atoms with van der Waals surface area (Å²) in [6.45, 7) is 2.28. The van der Waals surface area contributed by atoms with Crippen LogP contribution >= 0.6 is 12.4 Å². The van der Waals surface area contributed by atoms with Crippen LogP contribution in [0.4, 0.5) is 11.4 Å². The first-order chi connectivity index (χ1) is 10.9. The number of nitrogens with two attached hydrogens (primary N) is 1. The second-order valence-electron chi connectivity index (χ2n) is 6.76. The minimum absolute atomic E-state index is 0. The van der Waals surface area contributed by atoms with Gasteiger partial charge in [-0.25, -0.2) is 0 Å². The molecule has 0 heterocycles. The van der Waals surface area contributed by atoms with Crippen molar-refractivity contribution in [2.45, 2.75) is 44.2 Å². The molecule has 2 saturated carbocycles. The number of nitro benzene ring substituents is 1. The molecule has 3 rings (SSSR count). The van der Waals surface area contributed by atoms with E-state index in [1.165, 1.54) is 6.07 Å². The van der Waals surface area contributed by atoms with E-state index in [4.69, 9.17) is 5.73 Å². The number of benzene rings is 1. The lowest BCUT2D eigenvalue weighted by Crippen LogP contribution is -2.53. The second-order valence-corrected chi connectivity index (χ2v) is 6.76. The Labute approximate surface area is 146 Å². The first kappa shape index (κ1) is 18.5. The summed E-state index contributed by atoms with van der Waals surface area (Å²) in [5.41, 5.74) is 6.05. The standard InChI is InChI=1S/C16H22N4O3.ClH/c1-16(9-17,11-3-4-11)19-15(21)10-2-7-13(18-12-5-6-12)14(8-10)20(22)23;/h2,7-8,11-12,18H,3-6,9,17H2,1H3,(H,19,21);1H. The minimum atomic E-state index is -0.454. The van der Waals surface area contributed by atoms with Gasteiger partial charge in [0.1, 0.15) is 5.69 Å². The third-order valence-corrected chi connectivity index (χ3v) is 4.70. The van der Waals surface area contributed by atoms with E-state index in [2.05, 4.69) is 10.6 Å². The molecule has 1 unspecified atom stereocenters. The van der Waals surface area contributed by atoms with Crippen molar-refractivity contribution in [3.05, 3.63) is 33.9 Å². The Bertz CT molecular complexity index is 646. The molecule has 2 aliphatic carbocycles. The molecule has 0 bridgehead atoms.